The van der Waals surface area contributed by atoms with E-state index < -0.39 is 28.7 Å². The van der Waals surface area contributed by atoms with E-state index in [9.17, 15) is 19.5 Å². The number of carbonyl (C=O) groups is 3. The van der Waals surface area contributed by atoms with Gasteiger partial charge in [0.05, 0.1) is 35.8 Å². The van der Waals surface area contributed by atoms with Crippen molar-refractivity contribution in [2.75, 3.05) is 19.8 Å². The van der Waals surface area contributed by atoms with E-state index in [0.29, 0.717) is 6.54 Å². The van der Waals surface area contributed by atoms with Crippen LogP contribution in [0.3, 0.4) is 0 Å². The average Bonchev–Trinajstić information content (AvgIpc) is 3.28. The molecular formula is C19H30N2O5S. The number of ether oxygens (including phenoxy) is 1. The van der Waals surface area contributed by atoms with Crippen LogP contribution in [-0.4, -0.2) is 69.6 Å². The normalized spacial score (nSPS) is 35.3. The molecule has 7 nitrogen and oxygen atoms in total. The summed E-state index contributed by atoms with van der Waals surface area (Å²) in [5.41, 5.74) is 0. The number of esters is 1. The van der Waals surface area contributed by atoms with Crippen LogP contribution >= 0.6 is 11.8 Å². The predicted molar refractivity (Wildman–Crippen MR) is 102 cm³/mol. The Morgan fingerprint density at radius 1 is 1.44 bits per heavy atom. The summed E-state index contributed by atoms with van der Waals surface area (Å²) in [7, 11) is 0. The van der Waals surface area contributed by atoms with Crippen LogP contribution in [0.15, 0.2) is 0 Å². The van der Waals surface area contributed by atoms with Crippen LogP contribution in [0, 0.1) is 11.8 Å². The Morgan fingerprint density at radius 3 is 2.81 bits per heavy atom. The van der Waals surface area contributed by atoms with Gasteiger partial charge in [-0.2, -0.15) is 0 Å². The fourth-order valence-electron chi connectivity index (χ4n) is 4.94. The summed E-state index contributed by atoms with van der Waals surface area (Å²) in [5, 5.41) is 12.7. The highest BCUT2D eigenvalue weighted by molar-refractivity contribution is 8.02. The molecule has 2 N–H and O–H groups in total. The first kappa shape index (κ1) is 20.5. The molecule has 3 rings (SSSR count). The van der Waals surface area contributed by atoms with E-state index in [1.54, 1.807) is 25.6 Å². The highest BCUT2D eigenvalue weighted by Crippen LogP contribution is 2.66. The molecule has 0 aromatic rings. The second-order valence-electron chi connectivity index (χ2n) is 7.73. The second-order valence-corrected chi connectivity index (χ2v) is 9.33. The van der Waals surface area contributed by atoms with E-state index in [4.69, 9.17) is 4.74 Å². The van der Waals surface area contributed by atoms with Gasteiger partial charge >= 0.3 is 5.97 Å². The van der Waals surface area contributed by atoms with Crippen LogP contribution in [0.2, 0.25) is 0 Å². The highest BCUT2D eigenvalue weighted by Gasteiger charge is 2.74. The predicted octanol–water partition coefficient (Wildman–Crippen LogP) is 0.938. The molecule has 0 aliphatic carbocycles. The van der Waals surface area contributed by atoms with E-state index in [-0.39, 0.29) is 36.2 Å². The van der Waals surface area contributed by atoms with E-state index in [1.807, 2.05) is 0 Å². The van der Waals surface area contributed by atoms with E-state index >= 15 is 0 Å². The number of aliphatic hydroxyl groups excluding tert-OH is 1. The van der Waals surface area contributed by atoms with Crippen molar-refractivity contribution in [2.45, 2.75) is 68.5 Å². The highest BCUT2D eigenvalue weighted by atomic mass is 32.2. The number of nitrogens with zero attached hydrogens (tertiary/aromatic N) is 1. The fraction of sp³-hybridized carbons (Fsp3) is 0.842. The quantitative estimate of drug-likeness (QED) is 0.467. The van der Waals surface area contributed by atoms with E-state index in [0.717, 1.165) is 25.7 Å². The van der Waals surface area contributed by atoms with Crippen molar-refractivity contribution >= 4 is 29.5 Å². The van der Waals surface area contributed by atoms with Gasteiger partial charge in [-0.1, -0.05) is 13.3 Å². The summed E-state index contributed by atoms with van der Waals surface area (Å²) in [5.74, 6) is -1.75. The Balaban J connectivity index is 1.95. The largest absolute Gasteiger partial charge is 0.466 e. The molecule has 27 heavy (non-hydrogen) atoms. The molecule has 8 heteroatoms. The molecule has 0 aromatic heterocycles. The van der Waals surface area contributed by atoms with Crippen molar-refractivity contribution in [2.24, 2.45) is 11.8 Å². The van der Waals surface area contributed by atoms with E-state index in [2.05, 4.69) is 12.2 Å². The van der Waals surface area contributed by atoms with Crippen molar-refractivity contribution in [1.29, 1.82) is 0 Å². The van der Waals surface area contributed by atoms with Crippen molar-refractivity contribution in [3.05, 3.63) is 0 Å². The minimum absolute atomic E-state index is 0.0236. The fourth-order valence-corrected chi connectivity index (χ4v) is 7.14. The number of aliphatic hydroxyl groups is 1. The molecule has 0 aromatic carbocycles. The Morgan fingerprint density at radius 2 is 2.19 bits per heavy atom. The lowest BCUT2D eigenvalue weighted by atomic mass is 9.71. The van der Waals surface area contributed by atoms with Crippen molar-refractivity contribution in [1.82, 2.24) is 10.2 Å². The Bertz CT molecular complexity index is 615. The summed E-state index contributed by atoms with van der Waals surface area (Å²) in [4.78, 5) is 40.6. The molecular weight excluding hydrogens is 368 g/mol. The smallest absolute Gasteiger partial charge is 0.310 e. The molecule has 2 unspecified atom stereocenters. The molecule has 152 valence electrons. The second kappa shape index (κ2) is 7.99. The number of thioether (sulfide) groups is 1. The van der Waals surface area contributed by atoms with Crippen molar-refractivity contribution in [3.63, 3.8) is 0 Å². The van der Waals surface area contributed by atoms with Gasteiger partial charge in [-0.25, -0.2) is 0 Å². The Kier molecular flexibility index (Phi) is 6.05. The Labute approximate surface area is 164 Å². The molecule has 0 radical (unpaired) electrons. The first-order valence-corrected chi connectivity index (χ1v) is 10.9. The molecule has 6 atom stereocenters. The molecule has 2 bridgehead atoms. The van der Waals surface area contributed by atoms with Crippen molar-refractivity contribution in [3.8, 4) is 0 Å². The van der Waals surface area contributed by atoms with E-state index in [1.165, 1.54) is 4.90 Å². The summed E-state index contributed by atoms with van der Waals surface area (Å²) in [6.07, 6.45) is 3.38. The number of carbonyl (C=O) groups excluding carboxylic acids is 3. The zero-order valence-electron chi connectivity index (χ0n) is 16.3. The van der Waals surface area contributed by atoms with Crippen LogP contribution in [0.5, 0.6) is 0 Å². The summed E-state index contributed by atoms with van der Waals surface area (Å²) in [6.45, 7) is 6.19. The maximum absolute atomic E-state index is 13.3. The van der Waals surface area contributed by atoms with Crippen LogP contribution in [0.25, 0.3) is 0 Å². The molecule has 1 spiro atoms. The number of rotatable bonds is 8. The SMILES string of the molecule is CCCCNC(=O)C1N([C@H](C)CO)C(=O)[C@@H]2[C@H](C(=O)OCC)[C@@H]3CCC12S3. The molecule has 3 aliphatic rings. The number of hydrogen-bond donors (Lipinski definition) is 2. The number of fused-ring (bicyclic) bond motifs is 1. The zero-order chi connectivity index (χ0) is 19.8. The van der Waals surface area contributed by atoms with Gasteiger partial charge in [-0.3, -0.25) is 14.4 Å². The number of likely N-dealkylation sites (tertiary alicyclic amines) is 1. The van der Waals surface area contributed by atoms with Gasteiger partial charge in [0.2, 0.25) is 11.8 Å². The monoisotopic (exact) mass is 398 g/mol. The number of amides is 2. The molecule has 3 saturated heterocycles. The standard InChI is InChI=1S/C19H30N2O5S/c1-4-6-9-20-16(23)15-19-8-7-12(27-19)13(18(25)26-5-2)14(19)17(24)21(15)11(3)10-22/h11-15,22H,4-10H2,1-3H3,(H,20,23)/t11-,12+,13-,14+,15?,19?/m1/s1. The van der Waals surface area contributed by atoms with Crippen molar-refractivity contribution < 1.29 is 24.2 Å². The molecule has 2 amide bonds. The summed E-state index contributed by atoms with van der Waals surface area (Å²) < 4.78 is 4.66. The minimum Gasteiger partial charge on any atom is -0.466 e. The first-order chi connectivity index (χ1) is 12.9. The molecule has 3 fully saturated rings. The number of unbranched alkanes of at least 4 members (excludes halogenated alkanes) is 1. The Hall–Kier alpha value is -1.28. The number of hydrogen-bond acceptors (Lipinski definition) is 6. The lowest BCUT2D eigenvalue weighted by molar-refractivity contribution is -0.154. The van der Waals surface area contributed by atoms with Gasteiger partial charge in [-0.15, -0.1) is 11.8 Å². The third-order valence-electron chi connectivity index (χ3n) is 6.11. The lowest BCUT2D eigenvalue weighted by Crippen LogP contribution is -2.56. The van der Waals surface area contributed by atoms with Gasteiger partial charge in [-0.05, 0) is 33.1 Å². The third-order valence-corrected chi connectivity index (χ3v) is 8.07. The first-order valence-electron chi connectivity index (χ1n) is 9.98. The topological polar surface area (TPSA) is 95.9 Å². The van der Waals surface area contributed by atoms with Gasteiger partial charge < -0.3 is 20.1 Å². The van der Waals surface area contributed by atoms with Crippen LogP contribution in [-0.2, 0) is 19.1 Å². The van der Waals surface area contributed by atoms with Gasteiger partial charge in [0, 0.05) is 11.8 Å². The minimum atomic E-state index is -0.650. The van der Waals surface area contributed by atoms with Crippen LogP contribution in [0.4, 0.5) is 0 Å². The van der Waals surface area contributed by atoms with Gasteiger partial charge in [0.25, 0.3) is 0 Å². The average molecular weight is 399 g/mol. The molecule has 3 heterocycles. The third kappa shape index (κ3) is 3.14. The zero-order valence-corrected chi connectivity index (χ0v) is 17.1. The van der Waals surface area contributed by atoms with Gasteiger partial charge in [0.15, 0.2) is 0 Å². The van der Waals surface area contributed by atoms with Gasteiger partial charge in [0.1, 0.15) is 6.04 Å². The summed E-state index contributed by atoms with van der Waals surface area (Å²) >= 11 is 1.62. The molecule has 0 saturated carbocycles. The maximum Gasteiger partial charge on any atom is 0.310 e. The van der Waals surface area contributed by atoms with Crippen LogP contribution in [0.1, 0.15) is 46.5 Å². The number of nitrogens with one attached hydrogen (secondary N) is 1. The maximum atomic E-state index is 13.3. The summed E-state index contributed by atoms with van der Waals surface area (Å²) in [6, 6.07) is -1.12. The van der Waals surface area contributed by atoms with Crippen LogP contribution < -0.4 is 5.32 Å². The lowest BCUT2D eigenvalue weighted by Gasteiger charge is -2.35. The molecule has 3 aliphatic heterocycles.